The van der Waals surface area contributed by atoms with Gasteiger partial charge in [-0.25, -0.2) is 4.68 Å². The highest BCUT2D eigenvalue weighted by Gasteiger charge is 2.20. The second-order valence-electron chi connectivity index (χ2n) is 4.36. The third kappa shape index (κ3) is 1.88. The first-order valence-corrected chi connectivity index (χ1v) is 4.85. The number of hydrogen-bond acceptors (Lipinski definition) is 3. The molecule has 0 spiro atoms. The lowest BCUT2D eigenvalue weighted by atomic mass is 10.1. The summed E-state index contributed by atoms with van der Waals surface area (Å²) in [7, 11) is 0. The van der Waals surface area contributed by atoms with E-state index in [1.54, 1.807) is 4.68 Å². The van der Waals surface area contributed by atoms with Crippen molar-refractivity contribution < 1.29 is 0 Å². The van der Waals surface area contributed by atoms with Gasteiger partial charge in [-0.15, -0.1) is 5.10 Å². The maximum absolute atomic E-state index is 4.02. The summed E-state index contributed by atoms with van der Waals surface area (Å²) in [6.07, 6.45) is 0. The van der Waals surface area contributed by atoms with Crippen LogP contribution in [0.25, 0.3) is 11.4 Å². The predicted octanol–water partition coefficient (Wildman–Crippen LogP) is 1.90. The summed E-state index contributed by atoms with van der Waals surface area (Å²) in [6.45, 7) is 6.20. The Kier molecular flexibility index (Phi) is 2.26. The first-order chi connectivity index (χ1) is 7.09. The van der Waals surface area contributed by atoms with Crippen molar-refractivity contribution in [2.75, 3.05) is 0 Å². The highest BCUT2D eigenvalue weighted by molar-refractivity contribution is 5.53. The van der Waals surface area contributed by atoms with Crippen LogP contribution in [0.15, 0.2) is 24.3 Å². The van der Waals surface area contributed by atoms with Crippen LogP contribution >= 0.6 is 0 Å². The molecule has 2 rings (SSSR count). The van der Waals surface area contributed by atoms with Gasteiger partial charge in [0.25, 0.3) is 0 Å². The molecule has 0 bridgehead atoms. The van der Waals surface area contributed by atoms with Crippen molar-refractivity contribution in [1.82, 2.24) is 20.2 Å². The molecule has 1 aromatic carbocycles. The van der Waals surface area contributed by atoms with Crippen LogP contribution in [0.1, 0.15) is 20.8 Å². The molecule has 0 saturated heterocycles. The quantitative estimate of drug-likeness (QED) is 0.707. The molecule has 0 fully saturated rings. The molecule has 0 amide bonds. The average Bonchev–Trinajstić information content (AvgIpc) is 2.67. The van der Waals surface area contributed by atoms with E-state index in [2.05, 4.69) is 42.4 Å². The van der Waals surface area contributed by atoms with E-state index < -0.39 is 0 Å². The minimum Gasteiger partial charge on any atom is -0.220 e. The van der Waals surface area contributed by atoms with E-state index in [4.69, 9.17) is 0 Å². The molecule has 0 saturated carbocycles. The summed E-state index contributed by atoms with van der Waals surface area (Å²) in [5, 5.41) is 11.7. The zero-order valence-corrected chi connectivity index (χ0v) is 9.10. The normalized spacial score (nSPS) is 11.7. The number of tetrazole rings is 1. The first kappa shape index (κ1) is 9.83. The lowest BCUT2D eigenvalue weighted by Crippen LogP contribution is -2.24. The van der Waals surface area contributed by atoms with Crippen LogP contribution in [0.4, 0.5) is 0 Å². The SMILES string of the molecule is CC(C)(C)n1nnnc1-c1[c]cccc1. The first-order valence-electron chi connectivity index (χ1n) is 4.85. The molecule has 0 unspecified atom stereocenters. The van der Waals surface area contributed by atoms with Crippen molar-refractivity contribution in [3.8, 4) is 11.4 Å². The van der Waals surface area contributed by atoms with Gasteiger partial charge in [0.2, 0.25) is 0 Å². The molecule has 1 aromatic heterocycles. The Morgan fingerprint density at radius 1 is 1.27 bits per heavy atom. The van der Waals surface area contributed by atoms with Gasteiger partial charge in [0.15, 0.2) is 5.82 Å². The zero-order chi connectivity index (χ0) is 10.9. The van der Waals surface area contributed by atoms with Crippen molar-refractivity contribution in [2.24, 2.45) is 0 Å². The summed E-state index contributed by atoms with van der Waals surface area (Å²) in [5.74, 6) is 0.753. The smallest absolute Gasteiger partial charge is 0.183 e. The van der Waals surface area contributed by atoms with Gasteiger partial charge in [-0.1, -0.05) is 24.3 Å². The predicted molar refractivity (Wildman–Crippen MR) is 57.1 cm³/mol. The molecule has 0 N–H and O–H groups in total. The molecular formula is C11H13N4. The third-order valence-corrected chi connectivity index (χ3v) is 2.05. The van der Waals surface area contributed by atoms with E-state index >= 15 is 0 Å². The summed E-state index contributed by atoms with van der Waals surface area (Å²) >= 11 is 0. The number of nitrogens with zero attached hydrogens (tertiary/aromatic N) is 4. The molecule has 2 aromatic rings. The number of benzene rings is 1. The van der Waals surface area contributed by atoms with Gasteiger partial charge in [-0.3, -0.25) is 0 Å². The highest BCUT2D eigenvalue weighted by Crippen LogP contribution is 2.21. The fraction of sp³-hybridized carbons (Fsp3) is 0.364. The van der Waals surface area contributed by atoms with Crippen LogP contribution in [-0.2, 0) is 5.54 Å². The summed E-state index contributed by atoms with van der Waals surface area (Å²) in [5.41, 5.74) is 0.792. The fourth-order valence-corrected chi connectivity index (χ4v) is 1.34. The number of hydrogen-bond donors (Lipinski definition) is 0. The van der Waals surface area contributed by atoms with Crippen LogP contribution in [0.3, 0.4) is 0 Å². The molecule has 0 aliphatic carbocycles. The summed E-state index contributed by atoms with van der Waals surface area (Å²) in [6, 6.07) is 10.8. The maximum Gasteiger partial charge on any atom is 0.183 e. The summed E-state index contributed by atoms with van der Waals surface area (Å²) in [4.78, 5) is 0. The third-order valence-electron chi connectivity index (χ3n) is 2.05. The Balaban J connectivity index is 2.51. The molecule has 0 aliphatic heterocycles. The van der Waals surface area contributed by atoms with Gasteiger partial charge in [0.1, 0.15) is 0 Å². The molecule has 4 nitrogen and oxygen atoms in total. The topological polar surface area (TPSA) is 43.6 Å². The molecule has 77 valence electrons. The van der Waals surface area contributed by atoms with Crippen LogP contribution < -0.4 is 0 Å². The highest BCUT2D eigenvalue weighted by atomic mass is 15.6. The Bertz CT molecular complexity index is 439. The van der Waals surface area contributed by atoms with E-state index in [1.165, 1.54) is 0 Å². The molecule has 1 radical (unpaired) electrons. The Hall–Kier alpha value is -1.71. The largest absolute Gasteiger partial charge is 0.220 e. The molecule has 1 heterocycles. The minimum atomic E-state index is -0.123. The minimum absolute atomic E-state index is 0.123. The molecule has 0 aliphatic rings. The standard InChI is InChI=1S/C11H13N4/c1-11(2,3)15-10(12-13-14-15)9-7-5-4-6-8-9/h4-7H,1-3H3. The van der Waals surface area contributed by atoms with Gasteiger partial charge in [-0.2, -0.15) is 0 Å². The van der Waals surface area contributed by atoms with Crippen LogP contribution in [0.2, 0.25) is 0 Å². The lowest BCUT2D eigenvalue weighted by Gasteiger charge is -2.19. The van der Waals surface area contributed by atoms with Gasteiger partial charge in [0.05, 0.1) is 5.54 Å². The lowest BCUT2D eigenvalue weighted by molar-refractivity contribution is 0.351. The Labute approximate surface area is 88.9 Å². The van der Waals surface area contributed by atoms with Crippen LogP contribution in [-0.4, -0.2) is 20.2 Å². The molecular weight excluding hydrogens is 188 g/mol. The molecule has 0 atom stereocenters. The van der Waals surface area contributed by atoms with E-state index in [1.807, 2.05) is 24.3 Å². The van der Waals surface area contributed by atoms with Crippen LogP contribution in [0.5, 0.6) is 0 Å². The second kappa shape index (κ2) is 3.46. The van der Waals surface area contributed by atoms with Crippen molar-refractivity contribution >= 4 is 0 Å². The fourth-order valence-electron chi connectivity index (χ4n) is 1.34. The maximum atomic E-state index is 4.02. The van der Waals surface area contributed by atoms with Crippen molar-refractivity contribution in [3.05, 3.63) is 30.3 Å². The van der Waals surface area contributed by atoms with Gasteiger partial charge in [-0.05, 0) is 37.3 Å². The average molecular weight is 201 g/mol. The molecule has 4 heteroatoms. The zero-order valence-electron chi connectivity index (χ0n) is 9.10. The molecule has 15 heavy (non-hydrogen) atoms. The monoisotopic (exact) mass is 201 g/mol. The number of rotatable bonds is 1. The summed E-state index contributed by atoms with van der Waals surface area (Å²) < 4.78 is 1.80. The van der Waals surface area contributed by atoms with Crippen molar-refractivity contribution in [2.45, 2.75) is 26.3 Å². The van der Waals surface area contributed by atoms with Gasteiger partial charge in [0, 0.05) is 5.56 Å². The Morgan fingerprint density at radius 2 is 2.07 bits per heavy atom. The second-order valence-corrected chi connectivity index (χ2v) is 4.36. The van der Waals surface area contributed by atoms with Crippen LogP contribution in [0, 0.1) is 6.07 Å². The van der Waals surface area contributed by atoms with Crippen molar-refractivity contribution in [1.29, 1.82) is 0 Å². The van der Waals surface area contributed by atoms with E-state index in [-0.39, 0.29) is 5.54 Å². The van der Waals surface area contributed by atoms with Crippen molar-refractivity contribution in [3.63, 3.8) is 0 Å². The number of aromatic nitrogens is 4. The van der Waals surface area contributed by atoms with E-state index in [9.17, 15) is 0 Å². The Morgan fingerprint density at radius 3 is 2.67 bits per heavy atom. The van der Waals surface area contributed by atoms with Gasteiger partial charge >= 0.3 is 0 Å². The van der Waals surface area contributed by atoms with E-state index in [0.717, 1.165) is 11.4 Å². The van der Waals surface area contributed by atoms with Gasteiger partial charge < -0.3 is 0 Å². The van der Waals surface area contributed by atoms with E-state index in [0.29, 0.717) is 0 Å².